The van der Waals surface area contributed by atoms with Crippen LogP contribution in [0.15, 0.2) is 59.7 Å². The first kappa shape index (κ1) is 22.7. The Morgan fingerprint density at radius 2 is 1.94 bits per heavy atom. The van der Waals surface area contributed by atoms with Gasteiger partial charge in [-0.25, -0.2) is 15.0 Å². The van der Waals surface area contributed by atoms with Gasteiger partial charge in [-0.3, -0.25) is 4.68 Å². The smallest absolute Gasteiger partial charge is 0.416 e. The predicted octanol–water partition coefficient (Wildman–Crippen LogP) is 4.27. The zero-order valence-corrected chi connectivity index (χ0v) is 17.6. The molecule has 0 aliphatic rings. The number of aromatic nitrogens is 6. The molecule has 0 saturated heterocycles. The van der Waals surface area contributed by atoms with Gasteiger partial charge in [-0.05, 0) is 29.7 Å². The van der Waals surface area contributed by atoms with Crippen LogP contribution < -0.4 is 4.74 Å². The van der Waals surface area contributed by atoms with Crippen LogP contribution in [0.25, 0.3) is 12.2 Å². The number of halogens is 3. The fourth-order valence-corrected chi connectivity index (χ4v) is 2.69. The maximum atomic E-state index is 12.6. The molecule has 4 rings (SSSR count). The summed E-state index contributed by atoms with van der Waals surface area (Å²) in [4.78, 5) is 12.6. The minimum Gasteiger partial charge on any atom is -0.470 e. The summed E-state index contributed by atoms with van der Waals surface area (Å²) in [6.07, 6.45) is 7.18. The second-order valence-corrected chi connectivity index (χ2v) is 6.88. The van der Waals surface area contributed by atoms with Gasteiger partial charge in [0.1, 0.15) is 24.3 Å². The van der Waals surface area contributed by atoms with Crippen LogP contribution in [0.5, 0.6) is 5.88 Å². The molecular weight excluding hydrogens is 449 g/mol. The molecule has 0 aliphatic heterocycles. The van der Waals surface area contributed by atoms with E-state index in [0.29, 0.717) is 41.7 Å². The molecule has 1 aromatic carbocycles. The van der Waals surface area contributed by atoms with Crippen molar-refractivity contribution in [3.05, 3.63) is 83.7 Å². The number of rotatable bonds is 7. The fraction of sp³-hybridized carbons (Fsp3) is 0.174. The zero-order chi connectivity index (χ0) is 23.8. The lowest BCUT2D eigenvalue weighted by Gasteiger charge is -2.05. The minimum atomic E-state index is -4.36. The third kappa shape index (κ3) is 6.52. The van der Waals surface area contributed by atoms with Gasteiger partial charge in [-0.15, -0.1) is 5.10 Å². The van der Waals surface area contributed by atoms with Gasteiger partial charge in [0.15, 0.2) is 0 Å². The molecule has 4 aromatic rings. The second kappa shape index (κ2) is 10.4. The van der Waals surface area contributed by atoms with E-state index in [-0.39, 0.29) is 6.61 Å². The van der Waals surface area contributed by atoms with Crippen molar-refractivity contribution in [1.82, 2.24) is 29.9 Å². The van der Waals surface area contributed by atoms with Crippen LogP contribution in [0, 0.1) is 11.8 Å². The molecule has 8 nitrogen and oxygen atoms in total. The first-order valence-corrected chi connectivity index (χ1v) is 10.0. The molecule has 3 aromatic heterocycles. The molecule has 0 spiro atoms. The topological polar surface area (TPSA) is 91.8 Å². The standard InChI is InChI=1S/C23H17F3N6O2/c24-23(25,26)18-7-4-17(5-8-18)6-9-21-30-20(15-33-21)16-34-22-14-27-19(13-28-22)3-1-2-11-32-12-10-29-31-32/h4-10,12-15H,2,11,16H2. The van der Waals surface area contributed by atoms with Crippen molar-refractivity contribution in [2.75, 3.05) is 0 Å². The monoisotopic (exact) mass is 466 g/mol. The lowest BCUT2D eigenvalue weighted by atomic mass is 10.1. The predicted molar refractivity (Wildman–Crippen MR) is 115 cm³/mol. The van der Waals surface area contributed by atoms with Crippen molar-refractivity contribution in [2.24, 2.45) is 0 Å². The molecule has 172 valence electrons. The molecule has 0 fully saturated rings. The molecule has 0 N–H and O–H groups in total. The number of oxazole rings is 1. The Bertz CT molecular complexity index is 1290. The number of aryl methyl sites for hydroxylation is 1. The fourth-order valence-electron chi connectivity index (χ4n) is 2.69. The molecule has 0 bridgehead atoms. The minimum absolute atomic E-state index is 0.106. The molecule has 0 saturated carbocycles. The first-order chi connectivity index (χ1) is 16.5. The van der Waals surface area contributed by atoms with Crippen molar-refractivity contribution in [1.29, 1.82) is 0 Å². The van der Waals surface area contributed by atoms with Crippen LogP contribution in [0.3, 0.4) is 0 Å². The van der Waals surface area contributed by atoms with Gasteiger partial charge < -0.3 is 9.15 Å². The Balaban J connectivity index is 1.25. The van der Waals surface area contributed by atoms with Gasteiger partial charge in [0.2, 0.25) is 11.8 Å². The lowest BCUT2D eigenvalue weighted by Crippen LogP contribution is -2.03. The van der Waals surface area contributed by atoms with E-state index in [1.165, 1.54) is 30.8 Å². The van der Waals surface area contributed by atoms with E-state index in [0.717, 1.165) is 12.1 Å². The van der Waals surface area contributed by atoms with Gasteiger partial charge in [0, 0.05) is 18.7 Å². The highest BCUT2D eigenvalue weighted by molar-refractivity contribution is 5.66. The van der Waals surface area contributed by atoms with E-state index in [2.05, 4.69) is 37.1 Å². The summed E-state index contributed by atoms with van der Waals surface area (Å²) >= 11 is 0. The van der Waals surface area contributed by atoms with Crippen molar-refractivity contribution in [3.63, 3.8) is 0 Å². The van der Waals surface area contributed by atoms with Gasteiger partial charge in [0.25, 0.3) is 0 Å². The number of ether oxygens (including phenoxy) is 1. The van der Waals surface area contributed by atoms with Crippen molar-refractivity contribution >= 4 is 12.2 Å². The van der Waals surface area contributed by atoms with Crippen LogP contribution in [-0.4, -0.2) is 29.9 Å². The SMILES string of the molecule is FC(F)(F)c1ccc(C=Cc2nc(COc3cnc(C#CCCn4ccnn4)cn3)co2)cc1. The summed E-state index contributed by atoms with van der Waals surface area (Å²) in [5, 5.41) is 7.58. The first-order valence-electron chi connectivity index (χ1n) is 10.0. The summed E-state index contributed by atoms with van der Waals surface area (Å²) in [5.74, 6) is 6.51. The van der Waals surface area contributed by atoms with Gasteiger partial charge in [0.05, 0.1) is 30.7 Å². The van der Waals surface area contributed by atoms with Crippen LogP contribution >= 0.6 is 0 Å². The van der Waals surface area contributed by atoms with E-state index < -0.39 is 11.7 Å². The average molecular weight is 466 g/mol. The summed E-state index contributed by atoms with van der Waals surface area (Å²) in [7, 11) is 0. The molecule has 0 unspecified atom stereocenters. The van der Waals surface area contributed by atoms with Gasteiger partial charge in [-0.2, -0.15) is 13.2 Å². The third-order valence-corrected chi connectivity index (χ3v) is 4.38. The molecule has 11 heteroatoms. The zero-order valence-electron chi connectivity index (χ0n) is 17.6. The maximum Gasteiger partial charge on any atom is 0.416 e. The average Bonchev–Trinajstić information content (AvgIpc) is 3.52. The van der Waals surface area contributed by atoms with Crippen molar-refractivity contribution < 1.29 is 22.3 Å². The second-order valence-electron chi connectivity index (χ2n) is 6.88. The number of hydrogen-bond donors (Lipinski definition) is 0. The van der Waals surface area contributed by atoms with Gasteiger partial charge in [-0.1, -0.05) is 23.3 Å². The Morgan fingerprint density at radius 1 is 1.09 bits per heavy atom. The normalized spacial score (nSPS) is 11.4. The maximum absolute atomic E-state index is 12.6. The summed E-state index contributed by atoms with van der Waals surface area (Å²) < 4.78 is 50.4. The van der Waals surface area contributed by atoms with E-state index in [1.54, 1.807) is 29.2 Å². The van der Waals surface area contributed by atoms with E-state index in [9.17, 15) is 13.2 Å². The van der Waals surface area contributed by atoms with Crippen LogP contribution in [0.1, 0.15) is 34.8 Å². The van der Waals surface area contributed by atoms with Crippen molar-refractivity contribution in [2.45, 2.75) is 25.7 Å². The summed E-state index contributed by atoms with van der Waals surface area (Å²) in [6, 6.07) is 4.78. The number of benzene rings is 1. The molecule has 3 heterocycles. The molecule has 0 aliphatic carbocycles. The largest absolute Gasteiger partial charge is 0.470 e. The Morgan fingerprint density at radius 3 is 2.65 bits per heavy atom. The Labute approximate surface area is 192 Å². The van der Waals surface area contributed by atoms with E-state index >= 15 is 0 Å². The molecule has 0 amide bonds. The van der Waals surface area contributed by atoms with Crippen LogP contribution in [-0.2, 0) is 19.3 Å². The quantitative estimate of drug-likeness (QED) is 0.376. The summed E-state index contributed by atoms with van der Waals surface area (Å²) in [6.45, 7) is 0.746. The van der Waals surface area contributed by atoms with Crippen molar-refractivity contribution in [3.8, 4) is 17.7 Å². The van der Waals surface area contributed by atoms with Crippen LogP contribution in [0.4, 0.5) is 13.2 Å². The number of alkyl halides is 3. The Kier molecular flexibility index (Phi) is 6.98. The third-order valence-electron chi connectivity index (χ3n) is 4.38. The van der Waals surface area contributed by atoms with Gasteiger partial charge >= 0.3 is 6.18 Å². The molecule has 0 atom stereocenters. The highest BCUT2D eigenvalue weighted by Gasteiger charge is 2.29. The summed E-state index contributed by atoms with van der Waals surface area (Å²) in [5.41, 5.74) is 0.918. The highest BCUT2D eigenvalue weighted by Crippen LogP contribution is 2.29. The Hall–Kier alpha value is -4.46. The van der Waals surface area contributed by atoms with Crippen LogP contribution in [0.2, 0.25) is 0 Å². The van der Waals surface area contributed by atoms with E-state index in [1.807, 2.05) is 0 Å². The van der Waals surface area contributed by atoms with E-state index in [4.69, 9.17) is 9.15 Å². The lowest BCUT2D eigenvalue weighted by molar-refractivity contribution is -0.137. The number of hydrogen-bond acceptors (Lipinski definition) is 7. The molecular formula is C23H17F3N6O2. The molecule has 0 radical (unpaired) electrons. The highest BCUT2D eigenvalue weighted by atomic mass is 19.4. The number of nitrogens with zero attached hydrogens (tertiary/aromatic N) is 6. The molecule has 34 heavy (non-hydrogen) atoms.